The molecule has 2 amide bonds. The summed E-state index contributed by atoms with van der Waals surface area (Å²) < 4.78 is 25.0. The first-order valence-corrected chi connectivity index (χ1v) is 10.6. The number of imidazole rings is 1. The molecule has 8 nitrogen and oxygen atoms in total. The van der Waals surface area contributed by atoms with Gasteiger partial charge in [0.15, 0.2) is 15.5 Å². The van der Waals surface area contributed by atoms with Crippen LogP contribution < -0.4 is 5.32 Å². The number of hydrogen-bond acceptors (Lipinski definition) is 5. The predicted molar refractivity (Wildman–Crippen MR) is 102 cm³/mol. The minimum absolute atomic E-state index is 0.0457. The van der Waals surface area contributed by atoms with Crippen LogP contribution in [0.25, 0.3) is 5.52 Å². The number of nitrogens with one attached hydrogen (secondary N) is 1. The van der Waals surface area contributed by atoms with Gasteiger partial charge in [-0.25, -0.2) is 13.4 Å². The standard InChI is InChI=1S/C18H24N4O4S/c1-18(2,3)20-16(23)14-13-7-5-6-9-22(13)15(19-14)17(24)21(4)12-8-10-27(25,26)11-12/h5-7,9,12H,8,10-11H2,1-4H3,(H,20,23). The third-order valence-corrected chi connectivity index (χ3v) is 6.27. The third kappa shape index (κ3) is 3.97. The van der Waals surface area contributed by atoms with E-state index < -0.39 is 21.3 Å². The predicted octanol–water partition coefficient (Wildman–Crippen LogP) is 1.12. The molecule has 0 aromatic carbocycles. The van der Waals surface area contributed by atoms with Crippen molar-refractivity contribution in [3.8, 4) is 0 Å². The molecule has 1 fully saturated rings. The zero-order valence-electron chi connectivity index (χ0n) is 15.9. The molecule has 1 aliphatic rings. The molecule has 3 rings (SSSR count). The number of hydrogen-bond donors (Lipinski definition) is 1. The normalized spacial score (nSPS) is 19.2. The van der Waals surface area contributed by atoms with E-state index in [4.69, 9.17) is 0 Å². The number of rotatable bonds is 3. The second-order valence-electron chi connectivity index (χ2n) is 7.92. The molecule has 1 atom stereocenters. The van der Waals surface area contributed by atoms with Crippen LogP contribution >= 0.6 is 0 Å². The molecule has 1 aliphatic heterocycles. The van der Waals surface area contributed by atoms with Crippen LogP contribution in [0.1, 0.15) is 48.3 Å². The van der Waals surface area contributed by atoms with Crippen LogP contribution in [0, 0.1) is 0 Å². The molecule has 9 heteroatoms. The molecule has 1 saturated heterocycles. The van der Waals surface area contributed by atoms with E-state index in [-0.39, 0.29) is 35.0 Å². The van der Waals surface area contributed by atoms with Gasteiger partial charge in [0, 0.05) is 24.8 Å². The van der Waals surface area contributed by atoms with E-state index in [1.54, 1.807) is 35.8 Å². The summed E-state index contributed by atoms with van der Waals surface area (Å²) >= 11 is 0. The summed E-state index contributed by atoms with van der Waals surface area (Å²) in [5.41, 5.74) is 0.248. The Labute approximate surface area is 158 Å². The van der Waals surface area contributed by atoms with E-state index in [9.17, 15) is 18.0 Å². The van der Waals surface area contributed by atoms with E-state index in [2.05, 4.69) is 10.3 Å². The maximum Gasteiger partial charge on any atom is 0.290 e. The van der Waals surface area contributed by atoms with Gasteiger partial charge in [0.25, 0.3) is 11.8 Å². The number of carbonyl (C=O) groups excluding carboxylic acids is 2. The maximum atomic E-state index is 13.0. The first-order valence-electron chi connectivity index (χ1n) is 8.76. The van der Waals surface area contributed by atoms with Crippen molar-refractivity contribution in [3.05, 3.63) is 35.9 Å². The zero-order chi connectivity index (χ0) is 20.0. The number of nitrogens with zero attached hydrogens (tertiary/aromatic N) is 3. The lowest BCUT2D eigenvalue weighted by Crippen LogP contribution is -2.41. The van der Waals surface area contributed by atoms with Gasteiger partial charge in [0.05, 0.1) is 17.0 Å². The molecule has 0 saturated carbocycles. The lowest BCUT2D eigenvalue weighted by molar-refractivity contribution is 0.0734. The van der Waals surface area contributed by atoms with Crippen molar-refractivity contribution in [1.82, 2.24) is 19.6 Å². The van der Waals surface area contributed by atoms with Crippen molar-refractivity contribution in [2.45, 2.75) is 38.8 Å². The van der Waals surface area contributed by atoms with Gasteiger partial charge in [0.1, 0.15) is 0 Å². The molecule has 1 N–H and O–H groups in total. The van der Waals surface area contributed by atoms with Gasteiger partial charge in [-0.2, -0.15) is 0 Å². The summed E-state index contributed by atoms with van der Waals surface area (Å²) in [6.45, 7) is 5.59. The summed E-state index contributed by atoms with van der Waals surface area (Å²) in [5, 5.41) is 2.86. The van der Waals surface area contributed by atoms with Gasteiger partial charge in [-0.05, 0) is 39.3 Å². The summed E-state index contributed by atoms with van der Waals surface area (Å²) in [6, 6.07) is 4.86. The largest absolute Gasteiger partial charge is 0.346 e. The summed E-state index contributed by atoms with van der Waals surface area (Å²) in [5.74, 6) is -0.645. The highest BCUT2D eigenvalue weighted by molar-refractivity contribution is 7.91. The molecule has 2 aromatic rings. The quantitative estimate of drug-likeness (QED) is 0.844. The highest BCUT2D eigenvalue weighted by atomic mass is 32.2. The van der Waals surface area contributed by atoms with Crippen LogP contribution in [0.4, 0.5) is 0 Å². The molecule has 0 radical (unpaired) electrons. The monoisotopic (exact) mass is 392 g/mol. The van der Waals surface area contributed by atoms with E-state index in [0.29, 0.717) is 11.9 Å². The molecule has 1 unspecified atom stereocenters. The molecule has 0 bridgehead atoms. The lowest BCUT2D eigenvalue weighted by atomic mass is 10.1. The molecule has 3 heterocycles. The van der Waals surface area contributed by atoms with Gasteiger partial charge in [0.2, 0.25) is 5.82 Å². The fraction of sp³-hybridized carbons (Fsp3) is 0.500. The Hall–Kier alpha value is -2.42. The van der Waals surface area contributed by atoms with Crippen molar-refractivity contribution < 1.29 is 18.0 Å². The van der Waals surface area contributed by atoms with Crippen molar-refractivity contribution in [2.75, 3.05) is 18.6 Å². The van der Waals surface area contributed by atoms with Crippen LogP contribution in [0.2, 0.25) is 0 Å². The number of sulfone groups is 1. The topological polar surface area (TPSA) is 101 Å². The minimum Gasteiger partial charge on any atom is -0.346 e. The maximum absolute atomic E-state index is 13.0. The number of fused-ring (bicyclic) bond motifs is 1. The number of carbonyl (C=O) groups is 2. The summed E-state index contributed by atoms with van der Waals surface area (Å²) in [4.78, 5) is 31.4. The Morgan fingerprint density at radius 3 is 2.59 bits per heavy atom. The van der Waals surface area contributed by atoms with E-state index in [1.807, 2.05) is 20.8 Å². The van der Waals surface area contributed by atoms with Crippen molar-refractivity contribution in [2.24, 2.45) is 0 Å². The van der Waals surface area contributed by atoms with E-state index in [1.165, 1.54) is 4.90 Å². The zero-order valence-corrected chi connectivity index (χ0v) is 16.7. The van der Waals surface area contributed by atoms with E-state index in [0.717, 1.165) is 0 Å². The van der Waals surface area contributed by atoms with E-state index >= 15 is 0 Å². The fourth-order valence-corrected chi connectivity index (χ4v) is 4.93. The first kappa shape index (κ1) is 19.3. The van der Waals surface area contributed by atoms with Gasteiger partial charge in [-0.3, -0.25) is 14.0 Å². The Kier molecular flexibility index (Phi) is 4.75. The third-order valence-electron chi connectivity index (χ3n) is 4.52. The highest BCUT2D eigenvalue weighted by Gasteiger charge is 2.35. The second kappa shape index (κ2) is 6.63. The lowest BCUT2D eigenvalue weighted by Gasteiger charge is -2.22. The second-order valence-corrected chi connectivity index (χ2v) is 10.1. The van der Waals surface area contributed by atoms with Crippen LogP contribution in [0.3, 0.4) is 0 Å². The van der Waals surface area contributed by atoms with Crippen molar-refractivity contribution >= 4 is 27.2 Å². The molecule has 0 aliphatic carbocycles. The van der Waals surface area contributed by atoms with Crippen LogP contribution in [-0.4, -0.2) is 64.7 Å². The first-order chi connectivity index (χ1) is 12.5. The Balaban J connectivity index is 1.97. The van der Waals surface area contributed by atoms with Crippen LogP contribution in [0.15, 0.2) is 24.4 Å². The Morgan fingerprint density at radius 1 is 1.30 bits per heavy atom. The Morgan fingerprint density at radius 2 is 2.00 bits per heavy atom. The van der Waals surface area contributed by atoms with Crippen LogP contribution in [0.5, 0.6) is 0 Å². The minimum atomic E-state index is -3.11. The molecular weight excluding hydrogens is 368 g/mol. The molecular formula is C18H24N4O4S. The molecule has 146 valence electrons. The highest BCUT2D eigenvalue weighted by Crippen LogP contribution is 2.20. The molecule has 27 heavy (non-hydrogen) atoms. The average molecular weight is 392 g/mol. The number of aromatic nitrogens is 2. The van der Waals surface area contributed by atoms with Crippen molar-refractivity contribution in [3.63, 3.8) is 0 Å². The molecule has 0 spiro atoms. The Bertz CT molecular complexity index is 1000. The van der Waals surface area contributed by atoms with Gasteiger partial charge >= 0.3 is 0 Å². The number of pyridine rings is 1. The smallest absolute Gasteiger partial charge is 0.290 e. The fourth-order valence-electron chi connectivity index (χ4n) is 3.16. The van der Waals surface area contributed by atoms with Gasteiger partial charge in [-0.15, -0.1) is 0 Å². The number of amides is 2. The summed E-state index contributed by atoms with van der Waals surface area (Å²) in [6.07, 6.45) is 2.08. The van der Waals surface area contributed by atoms with Crippen molar-refractivity contribution in [1.29, 1.82) is 0 Å². The summed E-state index contributed by atoms with van der Waals surface area (Å²) in [7, 11) is -1.54. The average Bonchev–Trinajstić information content (AvgIpc) is 3.12. The van der Waals surface area contributed by atoms with Crippen LogP contribution in [-0.2, 0) is 9.84 Å². The molecule has 2 aromatic heterocycles. The van der Waals surface area contributed by atoms with Gasteiger partial charge < -0.3 is 10.2 Å². The van der Waals surface area contributed by atoms with Gasteiger partial charge in [-0.1, -0.05) is 6.07 Å². The SMILES string of the molecule is CN(C(=O)c1nc(C(=O)NC(C)(C)C)c2ccccn12)C1CCS(=O)(=O)C1.